The van der Waals surface area contributed by atoms with Gasteiger partial charge in [0.1, 0.15) is 17.5 Å². The first-order valence-electron chi connectivity index (χ1n) is 10.1. The summed E-state index contributed by atoms with van der Waals surface area (Å²) in [4.78, 5) is 0. The van der Waals surface area contributed by atoms with E-state index in [0.717, 1.165) is 34.4 Å². The van der Waals surface area contributed by atoms with Gasteiger partial charge in [0.2, 0.25) is 0 Å². The molecule has 4 aromatic carbocycles. The number of allylic oxidation sites excluding steroid dienone is 1. The van der Waals surface area contributed by atoms with Gasteiger partial charge in [-0.05, 0) is 65.4 Å². The average Bonchev–Trinajstić information content (AvgIpc) is 2.78. The van der Waals surface area contributed by atoms with E-state index >= 15 is 0 Å². The van der Waals surface area contributed by atoms with Crippen LogP contribution in [0, 0.1) is 24.4 Å². The van der Waals surface area contributed by atoms with Crippen molar-refractivity contribution >= 4 is 6.08 Å². The van der Waals surface area contributed by atoms with E-state index in [2.05, 4.69) is 24.3 Å². The summed E-state index contributed by atoms with van der Waals surface area (Å²) in [6.07, 6.45) is 4.05. The molecule has 0 bridgehead atoms. The predicted octanol–water partition coefficient (Wildman–Crippen LogP) is 8.45. The zero-order valence-electron chi connectivity index (χ0n) is 17.3. The molecule has 3 heteroatoms. The largest absolute Gasteiger partial charge is 0.207 e. The fourth-order valence-electron chi connectivity index (χ4n) is 3.56. The van der Waals surface area contributed by atoms with Crippen LogP contribution in [0.4, 0.5) is 13.2 Å². The van der Waals surface area contributed by atoms with Crippen LogP contribution in [0.2, 0.25) is 0 Å². The van der Waals surface area contributed by atoms with Crippen LogP contribution in [0.15, 0.2) is 84.9 Å². The zero-order chi connectivity index (χ0) is 22.0. The van der Waals surface area contributed by atoms with Crippen molar-refractivity contribution in [1.82, 2.24) is 0 Å². The molecule has 0 spiro atoms. The lowest BCUT2D eigenvalue weighted by Crippen LogP contribution is -1.93. The van der Waals surface area contributed by atoms with Crippen molar-refractivity contribution in [3.05, 3.63) is 114 Å². The lowest BCUT2D eigenvalue weighted by molar-refractivity contribution is 0.568. The van der Waals surface area contributed by atoms with Gasteiger partial charge < -0.3 is 0 Å². The summed E-state index contributed by atoms with van der Waals surface area (Å²) in [6, 6.07) is 23.2. The molecule has 0 heterocycles. The SMILES string of the molecule is C/C=C/c1ccc(-c2ccc(-c3ccc(-c4cc(F)c(C)c(F)c4)c(F)c3)cc2)cc1. The minimum Gasteiger partial charge on any atom is -0.207 e. The fraction of sp³-hybridized carbons (Fsp3) is 0.0714. The van der Waals surface area contributed by atoms with Gasteiger partial charge in [-0.1, -0.05) is 72.8 Å². The Morgan fingerprint density at radius 2 is 1.00 bits per heavy atom. The first-order chi connectivity index (χ1) is 15.0. The summed E-state index contributed by atoms with van der Waals surface area (Å²) in [6.45, 7) is 3.34. The van der Waals surface area contributed by atoms with E-state index in [1.807, 2.05) is 43.3 Å². The summed E-state index contributed by atoms with van der Waals surface area (Å²) < 4.78 is 42.5. The van der Waals surface area contributed by atoms with E-state index in [0.29, 0.717) is 5.56 Å². The molecule has 0 atom stereocenters. The van der Waals surface area contributed by atoms with Crippen molar-refractivity contribution < 1.29 is 13.2 Å². The first kappa shape index (κ1) is 20.7. The molecular formula is C28H21F3. The second-order valence-electron chi connectivity index (χ2n) is 7.46. The molecule has 0 fully saturated rings. The van der Waals surface area contributed by atoms with Crippen LogP contribution in [0.5, 0.6) is 0 Å². The third kappa shape index (κ3) is 4.31. The molecule has 0 aliphatic heterocycles. The van der Waals surface area contributed by atoms with Gasteiger partial charge in [-0.15, -0.1) is 0 Å². The van der Waals surface area contributed by atoms with Crippen LogP contribution in [0.25, 0.3) is 39.5 Å². The minimum atomic E-state index is -0.687. The van der Waals surface area contributed by atoms with Gasteiger partial charge in [0.25, 0.3) is 0 Å². The topological polar surface area (TPSA) is 0 Å². The number of hydrogen-bond acceptors (Lipinski definition) is 0. The molecule has 0 nitrogen and oxygen atoms in total. The molecule has 4 aromatic rings. The van der Waals surface area contributed by atoms with Crippen molar-refractivity contribution in [2.24, 2.45) is 0 Å². The number of hydrogen-bond donors (Lipinski definition) is 0. The van der Waals surface area contributed by atoms with Crippen LogP contribution in [0.1, 0.15) is 18.1 Å². The Kier molecular flexibility index (Phi) is 5.77. The highest BCUT2D eigenvalue weighted by Gasteiger charge is 2.12. The van der Waals surface area contributed by atoms with E-state index in [1.54, 1.807) is 12.1 Å². The Morgan fingerprint density at radius 3 is 1.52 bits per heavy atom. The van der Waals surface area contributed by atoms with E-state index < -0.39 is 17.5 Å². The first-order valence-corrected chi connectivity index (χ1v) is 10.1. The van der Waals surface area contributed by atoms with Crippen LogP contribution < -0.4 is 0 Å². The molecule has 154 valence electrons. The maximum atomic E-state index is 14.8. The smallest absolute Gasteiger partial charge is 0.131 e. The Labute approximate surface area is 180 Å². The monoisotopic (exact) mass is 414 g/mol. The Hall–Kier alpha value is -3.59. The van der Waals surface area contributed by atoms with Gasteiger partial charge in [0.05, 0.1) is 0 Å². The third-order valence-corrected chi connectivity index (χ3v) is 5.38. The molecule has 0 aromatic heterocycles. The minimum absolute atomic E-state index is 0.0719. The second kappa shape index (κ2) is 8.65. The Balaban J connectivity index is 1.61. The third-order valence-electron chi connectivity index (χ3n) is 5.38. The van der Waals surface area contributed by atoms with E-state index in [4.69, 9.17) is 0 Å². The number of benzene rings is 4. The standard InChI is InChI=1S/C28H21F3/c1-3-4-19-5-7-20(8-6-19)21-9-11-22(12-10-21)23-13-14-25(28(31)15-23)24-16-26(29)18(2)27(30)17-24/h3-17H,1-2H3/b4-3+. The zero-order valence-corrected chi connectivity index (χ0v) is 17.3. The Bertz CT molecular complexity index is 1230. The number of rotatable bonds is 4. The predicted molar refractivity (Wildman–Crippen MR) is 122 cm³/mol. The maximum absolute atomic E-state index is 14.8. The molecule has 0 saturated carbocycles. The average molecular weight is 414 g/mol. The van der Waals surface area contributed by atoms with Crippen LogP contribution >= 0.6 is 0 Å². The van der Waals surface area contributed by atoms with Gasteiger partial charge >= 0.3 is 0 Å². The lowest BCUT2D eigenvalue weighted by atomic mass is 9.97. The van der Waals surface area contributed by atoms with Crippen LogP contribution in [-0.2, 0) is 0 Å². The highest BCUT2D eigenvalue weighted by atomic mass is 19.1. The molecule has 0 aliphatic rings. The van der Waals surface area contributed by atoms with Crippen LogP contribution in [-0.4, -0.2) is 0 Å². The van der Waals surface area contributed by atoms with Crippen molar-refractivity contribution in [1.29, 1.82) is 0 Å². The van der Waals surface area contributed by atoms with Gasteiger partial charge in [-0.2, -0.15) is 0 Å². The second-order valence-corrected chi connectivity index (χ2v) is 7.46. The Morgan fingerprint density at radius 1 is 0.548 bits per heavy atom. The molecule has 0 aliphatic carbocycles. The maximum Gasteiger partial charge on any atom is 0.131 e. The summed E-state index contributed by atoms with van der Waals surface area (Å²) in [5.41, 5.74) is 5.15. The normalized spacial score (nSPS) is 11.3. The molecule has 31 heavy (non-hydrogen) atoms. The molecule has 0 radical (unpaired) electrons. The highest BCUT2D eigenvalue weighted by Crippen LogP contribution is 2.31. The van der Waals surface area contributed by atoms with E-state index in [1.165, 1.54) is 13.0 Å². The van der Waals surface area contributed by atoms with Gasteiger partial charge in [0, 0.05) is 11.1 Å². The van der Waals surface area contributed by atoms with Crippen molar-refractivity contribution in [2.75, 3.05) is 0 Å². The van der Waals surface area contributed by atoms with Crippen molar-refractivity contribution in [3.63, 3.8) is 0 Å². The molecular weight excluding hydrogens is 393 g/mol. The van der Waals surface area contributed by atoms with E-state index in [-0.39, 0.29) is 16.7 Å². The van der Waals surface area contributed by atoms with Crippen molar-refractivity contribution in [2.45, 2.75) is 13.8 Å². The van der Waals surface area contributed by atoms with Crippen LogP contribution in [0.3, 0.4) is 0 Å². The van der Waals surface area contributed by atoms with E-state index in [9.17, 15) is 13.2 Å². The van der Waals surface area contributed by atoms with Gasteiger partial charge in [-0.25, -0.2) is 13.2 Å². The summed E-state index contributed by atoms with van der Waals surface area (Å²) in [5, 5.41) is 0. The molecule has 0 N–H and O–H groups in total. The van der Waals surface area contributed by atoms with Crippen molar-refractivity contribution in [3.8, 4) is 33.4 Å². The lowest BCUT2D eigenvalue weighted by Gasteiger charge is -2.10. The molecule has 0 saturated heterocycles. The summed E-state index contributed by atoms with van der Waals surface area (Å²) in [7, 11) is 0. The molecule has 4 rings (SSSR count). The molecule has 0 unspecified atom stereocenters. The highest BCUT2D eigenvalue weighted by molar-refractivity contribution is 5.74. The quantitative estimate of drug-likeness (QED) is 0.314. The molecule has 0 amide bonds. The summed E-state index contributed by atoms with van der Waals surface area (Å²) in [5.74, 6) is -1.90. The van der Waals surface area contributed by atoms with Gasteiger partial charge in [0.15, 0.2) is 0 Å². The number of halogens is 3. The fourth-order valence-corrected chi connectivity index (χ4v) is 3.56. The van der Waals surface area contributed by atoms with Gasteiger partial charge in [-0.3, -0.25) is 0 Å². The summed E-state index contributed by atoms with van der Waals surface area (Å²) >= 11 is 0.